The minimum Gasteiger partial charge on any atom is -0.465 e. The number of hydrogen-bond acceptors (Lipinski definition) is 3. The number of hydrogen-bond donors (Lipinski definition) is 2. The topological polar surface area (TPSA) is 68.1 Å². The molecule has 4 nitrogen and oxygen atoms in total. The van der Waals surface area contributed by atoms with Crippen LogP contribution in [0.2, 0.25) is 0 Å². The van der Waals surface area contributed by atoms with Crippen LogP contribution in [0.25, 0.3) is 10.9 Å². The molecule has 0 saturated heterocycles. The van der Waals surface area contributed by atoms with Gasteiger partial charge in [-0.1, -0.05) is 59.7 Å². The zero-order valence-electron chi connectivity index (χ0n) is 17.1. The third-order valence-electron chi connectivity index (χ3n) is 5.16. The van der Waals surface area contributed by atoms with Crippen molar-refractivity contribution in [2.75, 3.05) is 6.61 Å². The summed E-state index contributed by atoms with van der Waals surface area (Å²) in [6.45, 7) is 13.9. The first-order valence-electron chi connectivity index (χ1n) is 9.47. The molecule has 0 aliphatic rings. The molecule has 3 N–H and O–H groups in total. The predicted octanol–water partition coefficient (Wildman–Crippen LogP) is 4.68. The monoisotopic (exact) mass is 358 g/mol. The Morgan fingerprint density at radius 3 is 2.35 bits per heavy atom. The summed E-state index contributed by atoms with van der Waals surface area (Å²) in [5.41, 5.74) is 8.53. The van der Waals surface area contributed by atoms with Gasteiger partial charge in [-0.3, -0.25) is 4.79 Å². The molecule has 144 valence electrons. The Balaban J connectivity index is 1.91. The second-order valence-electron chi connectivity index (χ2n) is 9.41. The molecular formula is C22H34N2O2. The van der Waals surface area contributed by atoms with E-state index in [0.717, 1.165) is 22.9 Å². The molecule has 0 radical (unpaired) electrons. The van der Waals surface area contributed by atoms with Crippen molar-refractivity contribution < 1.29 is 9.53 Å². The Hall–Kier alpha value is -1.81. The van der Waals surface area contributed by atoms with Crippen molar-refractivity contribution in [1.29, 1.82) is 0 Å². The fourth-order valence-electron chi connectivity index (χ4n) is 4.17. The van der Waals surface area contributed by atoms with Crippen LogP contribution in [0.3, 0.4) is 0 Å². The zero-order chi connectivity index (χ0) is 19.5. The van der Waals surface area contributed by atoms with Crippen LogP contribution in [0.15, 0.2) is 30.5 Å². The van der Waals surface area contributed by atoms with Crippen LogP contribution < -0.4 is 5.73 Å². The van der Waals surface area contributed by atoms with E-state index in [1.807, 2.05) is 30.5 Å². The van der Waals surface area contributed by atoms with E-state index in [1.54, 1.807) is 0 Å². The lowest BCUT2D eigenvalue weighted by Gasteiger charge is -2.40. The molecule has 0 spiro atoms. The number of benzene rings is 1. The Bertz CT molecular complexity index is 720. The van der Waals surface area contributed by atoms with Crippen LogP contribution in [0, 0.1) is 16.7 Å². The van der Waals surface area contributed by atoms with Crippen LogP contribution in [0.5, 0.6) is 0 Å². The molecule has 1 unspecified atom stereocenters. The van der Waals surface area contributed by atoms with E-state index in [9.17, 15) is 4.79 Å². The number of H-pyrrole nitrogens is 1. The summed E-state index contributed by atoms with van der Waals surface area (Å²) in [5.74, 6) is 0.129. The molecule has 0 aliphatic heterocycles. The molecule has 1 heterocycles. The van der Waals surface area contributed by atoms with Crippen molar-refractivity contribution in [2.24, 2.45) is 22.5 Å². The lowest BCUT2D eigenvalue weighted by atomic mass is 9.65. The van der Waals surface area contributed by atoms with Crippen LogP contribution in [-0.2, 0) is 16.0 Å². The van der Waals surface area contributed by atoms with Gasteiger partial charge in [0.15, 0.2) is 0 Å². The predicted molar refractivity (Wildman–Crippen MR) is 108 cm³/mol. The Labute approximate surface area is 157 Å². The minimum atomic E-state index is -0.642. The van der Waals surface area contributed by atoms with Crippen LogP contribution in [-0.4, -0.2) is 23.6 Å². The number of aromatic amines is 1. The number of rotatable bonds is 6. The smallest absolute Gasteiger partial charge is 0.323 e. The summed E-state index contributed by atoms with van der Waals surface area (Å²) >= 11 is 0. The van der Waals surface area contributed by atoms with Crippen molar-refractivity contribution in [2.45, 2.75) is 60.4 Å². The lowest BCUT2D eigenvalue weighted by Crippen LogP contribution is -2.36. The van der Waals surface area contributed by atoms with Gasteiger partial charge in [-0.15, -0.1) is 0 Å². The molecule has 2 aromatic rings. The van der Waals surface area contributed by atoms with Crippen molar-refractivity contribution in [1.82, 2.24) is 4.98 Å². The van der Waals surface area contributed by atoms with Gasteiger partial charge < -0.3 is 15.5 Å². The molecule has 1 aromatic heterocycles. The number of aromatic nitrogens is 1. The highest BCUT2D eigenvalue weighted by Gasteiger charge is 2.34. The SMILES string of the molecule is CC(C)(C)C(CCOC(=O)C(N)Cc1c[nH]c2ccccc12)C(C)(C)C. The van der Waals surface area contributed by atoms with Crippen molar-refractivity contribution in [3.63, 3.8) is 0 Å². The van der Waals surface area contributed by atoms with Gasteiger partial charge in [-0.2, -0.15) is 0 Å². The second-order valence-corrected chi connectivity index (χ2v) is 9.41. The van der Waals surface area contributed by atoms with Crippen molar-refractivity contribution in [3.8, 4) is 0 Å². The maximum atomic E-state index is 12.3. The molecule has 1 atom stereocenters. The third-order valence-corrected chi connectivity index (χ3v) is 5.16. The molecule has 0 aliphatic carbocycles. The number of carbonyl (C=O) groups excluding carboxylic acids is 1. The van der Waals surface area contributed by atoms with Gasteiger partial charge in [0.25, 0.3) is 0 Å². The summed E-state index contributed by atoms with van der Waals surface area (Å²) in [4.78, 5) is 15.5. The number of nitrogens with two attached hydrogens (primary N) is 1. The standard InChI is InChI=1S/C22H34N2O2/c1-21(2,3)19(22(4,5)6)11-12-26-20(25)17(23)13-15-14-24-18-10-8-7-9-16(15)18/h7-10,14,17,19,24H,11-13,23H2,1-6H3. The maximum absolute atomic E-state index is 12.3. The molecule has 0 amide bonds. The summed E-state index contributed by atoms with van der Waals surface area (Å²) in [6, 6.07) is 7.38. The molecule has 0 saturated carbocycles. The largest absolute Gasteiger partial charge is 0.465 e. The van der Waals surface area contributed by atoms with Gasteiger partial charge >= 0.3 is 5.97 Å². The minimum absolute atomic E-state index is 0.164. The van der Waals surface area contributed by atoms with E-state index in [1.165, 1.54) is 0 Å². The van der Waals surface area contributed by atoms with E-state index < -0.39 is 6.04 Å². The van der Waals surface area contributed by atoms with Gasteiger partial charge in [0.1, 0.15) is 6.04 Å². The van der Waals surface area contributed by atoms with E-state index in [-0.39, 0.29) is 16.8 Å². The fraction of sp³-hybridized carbons (Fsp3) is 0.591. The highest BCUT2D eigenvalue weighted by atomic mass is 16.5. The summed E-state index contributed by atoms with van der Waals surface area (Å²) in [6.07, 6.45) is 3.25. The Morgan fingerprint density at radius 2 is 1.73 bits per heavy atom. The van der Waals surface area contributed by atoms with Crippen LogP contribution in [0.1, 0.15) is 53.5 Å². The zero-order valence-corrected chi connectivity index (χ0v) is 17.1. The van der Waals surface area contributed by atoms with Gasteiger partial charge in [-0.05, 0) is 34.8 Å². The fourth-order valence-corrected chi connectivity index (χ4v) is 4.17. The van der Waals surface area contributed by atoms with Gasteiger partial charge in [0.2, 0.25) is 0 Å². The number of para-hydroxylation sites is 1. The highest BCUT2D eigenvalue weighted by Crippen LogP contribution is 2.41. The first-order chi connectivity index (χ1) is 12.0. The van der Waals surface area contributed by atoms with E-state index in [0.29, 0.717) is 18.9 Å². The Morgan fingerprint density at radius 1 is 1.12 bits per heavy atom. The molecule has 1 aromatic carbocycles. The highest BCUT2D eigenvalue weighted by molar-refractivity contribution is 5.84. The molecule has 2 rings (SSSR count). The lowest BCUT2D eigenvalue weighted by molar-refractivity contribution is -0.146. The summed E-state index contributed by atoms with van der Waals surface area (Å²) in [5, 5.41) is 1.11. The summed E-state index contributed by atoms with van der Waals surface area (Å²) in [7, 11) is 0. The van der Waals surface area contributed by atoms with Gasteiger partial charge in [-0.25, -0.2) is 0 Å². The summed E-state index contributed by atoms with van der Waals surface area (Å²) < 4.78 is 5.51. The number of ether oxygens (including phenoxy) is 1. The normalized spacial score (nSPS) is 14.0. The number of fused-ring (bicyclic) bond motifs is 1. The number of esters is 1. The average Bonchev–Trinajstić information content (AvgIpc) is 2.92. The number of nitrogens with one attached hydrogen (secondary N) is 1. The molecule has 0 bridgehead atoms. The molecular weight excluding hydrogens is 324 g/mol. The maximum Gasteiger partial charge on any atom is 0.323 e. The van der Waals surface area contributed by atoms with Crippen molar-refractivity contribution >= 4 is 16.9 Å². The van der Waals surface area contributed by atoms with Crippen LogP contribution in [0.4, 0.5) is 0 Å². The van der Waals surface area contributed by atoms with Gasteiger partial charge in [0.05, 0.1) is 6.61 Å². The molecule has 0 fully saturated rings. The van der Waals surface area contributed by atoms with E-state index in [2.05, 4.69) is 46.5 Å². The first kappa shape index (κ1) is 20.5. The first-order valence-corrected chi connectivity index (χ1v) is 9.47. The average molecular weight is 359 g/mol. The van der Waals surface area contributed by atoms with Crippen LogP contribution >= 0.6 is 0 Å². The van der Waals surface area contributed by atoms with Crippen molar-refractivity contribution in [3.05, 3.63) is 36.0 Å². The van der Waals surface area contributed by atoms with E-state index in [4.69, 9.17) is 10.5 Å². The number of carbonyl (C=O) groups is 1. The quantitative estimate of drug-likeness (QED) is 0.737. The van der Waals surface area contributed by atoms with Gasteiger partial charge in [0, 0.05) is 23.5 Å². The van der Waals surface area contributed by atoms with E-state index >= 15 is 0 Å². The third kappa shape index (κ3) is 5.10. The molecule has 4 heteroatoms. The Kier molecular flexibility index (Phi) is 6.17. The molecule has 26 heavy (non-hydrogen) atoms. The second kappa shape index (κ2) is 7.83.